The predicted octanol–water partition coefficient (Wildman–Crippen LogP) is 4.43. The quantitative estimate of drug-likeness (QED) is 0.515. The van der Waals surface area contributed by atoms with Crippen LogP contribution in [-0.2, 0) is 0 Å². The third-order valence-corrected chi connectivity index (χ3v) is 4.97. The van der Waals surface area contributed by atoms with Crippen molar-refractivity contribution in [2.45, 2.75) is 96.5 Å². The zero-order chi connectivity index (χ0) is 14.0. The van der Waals surface area contributed by atoms with Gasteiger partial charge in [-0.25, -0.2) is 0 Å². The maximum absolute atomic E-state index is 9.74. The highest BCUT2D eigenvalue weighted by atomic mass is 16.3. The summed E-state index contributed by atoms with van der Waals surface area (Å²) in [5.74, 6) is 0. The van der Waals surface area contributed by atoms with Crippen LogP contribution in [0.4, 0.5) is 0 Å². The summed E-state index contributed by atoms with van der Waals surface area (Å²) in [6.07, 6.45) is 16.1. The van der Waals surface area contributed by atoms with Gasteiger partial charge >= 0.3 is 0 Å². The van der Waals surface area contributed by atoms with Gasteiger partial charge in [0.05, 0.1) is 12.7 Å². The van der Waals surface area contributed by atoms with E-state index >= 15 is 0 Å². The van der Waals surface area contributed by atoms with Gasteiger partial charge in [-0.05, 0) is 19.3 Å². The second-order valence-electron chi connectivity index (χ2n) is 6.51. The fourth-order valence-electron chi connectivity index (χ4n) is 3.20. The summed E-state index contributed by atoms with van der Waals surface area (Å²) in [5, 5.41) is 19.1. The molecule has 0 amide bonds. The minimum Gasteiger partial charge on any atom is -0.396 e. The number of aliphatic hydroxyl groups is 2. The molecule has 0 saturated heterocycles. The average Bonchev–Trinajstić information content (AvgIpc) is 2.43. The van der Waals surface area contributed by atoms with Crippen molar-refractivity contribution in [2.24, 2.45) is 5.41 Å². The van der Waals surface area contributed by atoms with Gasteiger partial charge in [0.25, 0.3) is 0 Å². The second-order valence-corrected chi connectivity index (χ2v) is 6.51. The zero-order valence-electron chi connectivity index (χ0n) is 12.9. The molecule has 2 unspecified atom stereocenters. The molecule has 1 rings (SSSR count). The molecule has 0 aromatic carbocycles. The Bertz CT molecular complexity index is 213. The summed E-state index contributed by atoms with van der Waals surface area (Å²) < 4.78 is 0. The summed E-state index contributed by atoms with van der Waals surface area (Å²) in [5.41, 5.74) is -0.125. The van der Waals surface area contributed by atoms with E-state index in [1.54, 1.807) is 0 Å². The highest BCUT2D eigenvalue weighted by Gasteiger charge is 2.44. The Morgan fingerprint density at radius 3 is 1.79 bits per heavy atom. The number of aliphatic hydroxyl groups excluding tert-OH is 2. The van der Waals surface area contributed by atoms with Crippen molar-refractivity contribution in [1.82, 2.24) is 0 Å². The molecule has 1 fully saturated rings. The molecule has 0 bridgehead atoms. The standard InChI is InChI=1S/C17H34O2/c1-2-3-4-5-6-7-8-9-10-11-13-17(15-18)14-12-16(17)19/h16,18-19H,2-15H2,1H3. The van der Waals surface area contributed by atoms with Crippen LogP contribution in [0.25, 0.3) is 0 Å². The van der Waals surface area contributed by atoms with E-state index < -0.39 is 0 Å². The van der Waals surface area contributed by atoms with Crippen LogP contribution in [0.2, 0.25) is 0 Å². The minimum absolute atomic E-state index is 0.125. The lowest BCUT2D eigenvalue weighted by Crippen LogP contribution is -2.47. The summed E-state index contributed by atoms with van der Waals surface area (Å²) in [4.78, 5) is 0. The smallest absolute Gasteiger partial charge is 0.0618 e. The summed E-state index contributed by atoms with van der Waals surface area (Å²) in [7, 11) is 0. The molecule has 2 heteroatoms. The van der Waals surface area contributed by atoms with Crippen LogP contribution in [0, 0.1) is 5.41 Å². The first-order valence-corrected chi connectivity index (χ1v) is 8.54. The zero-order valence-corrected chi connectivity index (χ0v) is 12.9. The van der Waals surface area contributed by atoms with Gasteiger partial charge in [0.15, 0.2) is 0 Å². The van der Waals surface area contributed by atoms with Gasteiger partial charge in [-0.1, -0.05) is 71.1 Å². The molecule has 2 N–H and O–H groups in total. The van der Waals surface area contributed by atoms with Crippen LogP contribution >= 0.6 is 0 Å². The van der Waals surface area contributed by atoms with E-state index in [4.69, 9.17) is 0 Å². The largest absolute Gasteiger partial charge is 0.396 e. The van der Waals surface area contributed by atoms with Crippen molar-refractivity contribution in [3.8, 4) is 0 Å². The van der Waals surface area contributed by atoms with E-state index in [0.29, 0.717) is 0 Å². The van der Waals surface area contributed by atoms with Crippen LogP contribution in [0.15, 0.2) is 0 Å². The van der Waals surface area contributed by atoms with Crippen molar-refractivity contribution in [2.75, 3.05) is 6.61 Å². The number of hydrogen-bond donors (Lipinski definition) is 2. The third-order valence-electron chi connectivity index (χ3n) is 4.97. The molecule has 1 saturated carbocycles. The fourth-order valence-corrected chi connectivity index (χ4v) is 3.20. The van der Waals surface area contributed by atoms with E-state index in [-0.39, 0.29) is 18.1 Å². The van der Waals surface area contributed by atoms with Gasteiger partial charge < -0.3 is 10.2 Å². The van der Waals surface area contributed by atoms with E-state index in [1.807, 2.05) is 0 Å². The molecule has 1 aliphatic carbocycles. The van der Waals surface area contributed by atoms with Crippen LogP contribution in [0.1, 0.15) is 90.4 Å². The Balaban J connectivity index is 1.86. The highest BCUT2D eigenvalue weighted by molar-refractivity contribution is 4.95. The monoisotopic (exact) mass is 270 g/mol. The molecule has 0 aromatic heterocycles. The molecule has 2 nitrogen and oxygen atoms in total. The summed E-state index contributed by atoms with van der Waals surface area (Å²) >= 11 is 0. The summed E-state index contributed by atoms with van der Waals surface area (Å²) in [6.45, 7) is 2.43. The van der Waals surface area contributed by atoms with Crippen molar-refractivity contribution < 1.29 is 10.2 Å². The van der Waals surface area contributed by atoms with Crippen LogP contribution in [0.3, 0.4) is 0 Å². The van der Waals surface area contributed by atoms with Crippen molar-refractivity contribution in [3.63, 3.8) is 0 Å². The minimum atomic E-state index is -0.240. The Morgan fingerprint density at radius 2 is 1.42 bits per heavy atom. The molecule has 0 spiro atoms. The topological polar surface area (TPSA) is 40.5 Å². The van der Waals surface area contributed by atoms with E-state index in [0.717, 1.165) is 19.3 Å². The first kappa shape index (κ1) is 17.0. The average molecular weight is 270 g/mol. The van der Waals surface area contributed by atoms with E-state index in [9.17, 15) is 10.2 Å². The Kier molecular flexibility index (Phi) is 8.72. The molecule has 0 heterocycles. The van der Waals surface area contributed by atoms with Gasteiger partial charge in [0.2, 0.25) is 0 Å². The Labute approximate surface area is 119 Å². The molecule has 19 heavy (non-hydrogen) atoms. The van der Waals surface area contributed by atoms with Gasteiger partial charge in [0.1, 0.15) is 0 Å². The highest BCUT2D eigenvalue weighted by Crippen LogP contribution is 2.44. The third kappa shape index (κ3) is 5.83. The van der Waals surface area contributed by atoms with Gasteiger partial charge in [-0.2, -0.15) is 0 Å². The Morgan fingerprint density at radius 1 is 0.895 bits per heavy atom. The van der Waals surface area contributed by atoms with Gasteiger partial charge in [-0.15, -0.1) is 0 Å². The van der Waals surface area contributed by atoms with Crippen molar-refractivity contribution in [1.29, 1.82) is 0 Å². The van der Waals surface area contributed by atoms with Crippen LogP contribution in [-0.4, -0.2) is 22.9 Å². The molecule has 2 atom stereocenters. The number of unbranched alkanes of at least 4 members (excludes halogenated alkanes) is 9. The lowest BCUT2D eigenvalue weighted by Gasteiger charge is -2.45. The molecular formula is C17H34O2. The first-order chi connectivity index (χ1) is 9.25. The second kappa shape index (κ2) is 9.77. The van der Waals surface area contributed by atoms with Crippen molar-refractivity contribution in [3.05, 3.63) is 0 Å². The normalized spacial score (nSPS) is 26.4. The lowest BCUT2D eigenvalue weighted by atomic mass is 9.64. The predicted molar refractivity (Wildman–Crippen MR) is 81.2 cm³/mol. The SMILES string of the molecule is CCCCCCCCCCCCC1(CO)CCC1O. The van der Waals surface area contributed by atoms with Crippen LogP contribution in [0.5, 0.6) is 0 Å². The maximum Gasteiger partial charge on any atom is 0.0618 e. The molecule has 0 aromatic rings. The molecular weight excluding hydrogens is 236 g/mol. The lowest BCUT2D eigenvalue weighted by molar-refractivity contribution is -0.101. The number of rotatable bonds is 12. The van der Waals surface area contributed by atoms with Gasteiger partial charge in [-0.3, -0.25) is 0 Å². The van der Waals surface area contributed by atoms with Crippen molar-refractivity contribution >= 4 is 0 Å². The molecule has 1 aliphatic rings. The Hall–Kier alpha value is -0.0800. The first-order valence-electron chi connectivity index (χ1n) is 8.54. The van der Waals surface area contributed by atoms with E-state index in [1.165, 1.54) is 64.2 Å². The van der Waals surface area contributed by atoms with Crippen LogP contribution < -0.4 is 0 Å². The fraction of sp³-hybridized carbons (Fsp3) is 1.00. The number of hydrogen-bond acceptors (Lipinski definition) is 2. The summed E-state index contributed by atoms with van der Waals surface area (Å²) in [6, 6.07) is 0. The molecule has 0 aliphatic heterocycles. The molecule has 0 radical (unpaired) electrons. The maximum atomic E-state index is 9.74. The van der Waals surface area contributed by atoms with E-state index in [2.05, 4.69) is 6.92 Å². The molecule has 114 valence electrons. The van der Waals surface area contributed by atoms with Gasteiger partial charge in [0, 0.05) is 5.41 Å².